The second-order valence-electron chi connectivity index (χ2n) is 2.16. The summed E-state index contributed by atoms with van der Waals surface area (Å²) in [7, 11) is 0. The van der Waals surface area contributed by atoms with Crippen LogP contribution in [0.2, 0.25) is 0 Å². The van der Waals surface area contributed by atoms with E-state index in [1.54, 1.807) is 0 Å². The van der Waals surface area contributed by atoms with Gasteiger partial charge in [-0.25, -0.2) is 8.58 Å². The van der Waals surface area contributed by atoms with E-state index in [2.05, 4.69) is 31.1 Å². The highest BCUT2D eigenvalue weighted by Crippen LogP contribution is 2.10. The molecule has 0 atom stereocenters. The molecule has 0 unspecified atom stereocenters. The van der Waals surface area contributed by atoms with Gasteiger partial charge in [0.25, 0.3) is 0 Å². The molecular weight excluding hydrogens is 226 g/mol. The normalized spacial score (nSPS) is 10.8. The minimum Gasteiger partial charge on any atom is -0.368 e. The second kappa shape index (κ2) is 2.31. The maximum absolute atomic E-state index is 11.1. The van der Waals surface area contributed by atoms with Gasteiger partial charge in [0.15, 0.2) is 11.2 Å². The molecule has 2 rings (SSSR count). The lowest BCUT2D eigenvalue weighted by Crippen LogP contribution is -2.13. The number of aromatic nitrogens is 4. The van der Waals surface area contributed by atoms with Crippen LogP contribution in [0.4, 0.5) is 5.95 Å². The molecule has 0 saturated heterocycles. The Morgan fingerprint density at radius 2 is 2.42 bits per heavy atom. The monoisotopic (exact) mass is 229 g/mol. The third-order valence-electron chi connectivity index (χ3n) is 1.44. The molecule has 0 aliphatic rings. The molecule has 0 spiro atoms. The minimum atomic E-state index is -0.407. The molecular formula is C5H4BrN5O. The Morgan fingerprint density at radius 3 is 3.17 bits per heavy atom. The van der Waals surface area contributed by atoms with Crippen molar-refractivity contribution < 1.29 is 0 Å². The average molecular weight is 230 g/mol. The summed E-state index contributed by atoms with van der Waals surface area (Å²) >= 11 is 3.10. The van der Waals surface area contributed by atoms with Crippen molar-refractivity contribution >= 4 is 33.3 Å². The molecule has 7 heteroatoms. The van der Waals surface area contributed by atoms with Crippen molar-refractivity contribution in [2.75, 3.05) is 5.73 Å². The summed E-state index contributed by atoms with van der Waals surface area (Å²) in [4.78, 5) is 21.2. The number of hydrogen-bond acceptors (Lipinski definition) is 4. The van der Waals surface area contributed by atoms with E-state index in [9.17, 15) is 4.79 Å². The summed E-state index contributed by atoms with van der Waals surface area (Å²) in [6.07, 6.45) is 1.41. The van der Waals surface area contributed by atoms with Crippen molar-refractivity contribution in [3.8, 4) is 0 Å². The molecule has 0 aliphatic heterocycles. The first-order chi connectivity index (χ1) is 5.70. The summed E-state index contributed by atoms with van der Waals surface area (Å²) in [5.74, 6) is 0.0830. The topological polar surface area (TPSA) is 89.6 Å². The smallest absolute Gasteiger partial charge is 0.300 e. The van der Waals surface area contributed by atoms with Crippen LogP contribution >= 0.6 is 16.1 Å². The molecule has 0 aliphatic carbocycles. The van der Waals surface area contributed by atoms with Gasteiger partial charge in [0.05, 0.1) is 22.5 Å². The largest absolute Gasteiger partial charge is 0.368 e. The van der Waals surface area contributed by atoms with Gasteiger partial charge < -0.3 is 10.7 Å². The molecule has 62 valence electrons. The quantitative estimate of drug-likeness (QED) is 0.659. The van der Waals surface area contributed by atoms with Crippen LogP contribution in [0.3, 0.4) is 0 Å². The van der Waals surface area contributed by atoms with E-state index in [-0.39, 0.29) is 5.95 Å². The molecule has 0 radical (unpaired) electrons. The lowest BCUT2D eigenvalue weighted by molar-refractivity contribution is 1.14. The Morgan fingerprint density at radius 1 is 1.67 bits per heavy atom. The number of fused-ring (bicyclic) bond motifs is 1. The average Bonchev–Trinajstić information content (AvgIpc) is 2.48. The van der Waals surface area contributed by atoms with Gasteiger partial charge in [0.2, 0.25) is 5.95 Å². The van der Waals surface area contributed by atoms with Gasteiger partial charge in [-0.05, 0) is 0 Å². The molecule has 2 heterocycles. The number of rotatable bonds is 0. The van der Waals surface area contributed by atoms with Crippen molar-refractivity contribution in [2.24, 2.45) is 0 Å². The number of nitrogens with one attached hydrogen (secondary N) is 1. The fraction of sp³-hybridized carbons (Fsp3) is 0. The Kier molecular flexibility index (Phi) is 1.40. The molecule has 6 nitrogen and oxygen atoms in total. The molecule has 0 aromatic carbocycles. The number of aromatic amines is 1. The predicted octanol–water partition coefficient (Wildman–Crippen LogP) is -0.140. The number of nitrogens with zero attached hydrogens (tertiary/aromatic N) is 3. The number of nitrogens with two attached hydrogens (primary N) is 1. The minimum absolute atomic E-state index is 0.0830. The Bertz CT molecular complexity index is 486. The van der Waals surface area contributed by atoms with Gasteiger partial charge in [0, 0.05) is 0 Å². The zero-order chi connectivity index (χ0) is 8.72. The summed E-state index contributed by atoms with van der Waals surface area (Å²) in [5, 5.41) is 0. The van der Waals surface area contributed by atoms with Crippen LogP contribution in [0.15, 0.2) is 11.1 Å². The van der Waals surface area contributed by atoms with Crippen LogP contribution in [-0.2, 0) is 0 Å². The number of anilines is 1. The van der Waals surface area contributed by atoms with E-state index in [1.807, 2.05) is 0 Å². The first-order valence-electron chi connectivity index (χ1n) is 3.08. The van der Waals surface area contributed by atoms with E-state index in [1.165, 1.54) is 9.92 Å². The highest BCUT2D eigenvalue weighted by atomic mass is 79.9. The summed E-state index contributed by atoms with van der Waals surface area (Å²) in [6.45, 7) is 0. The third kappa shape index (κ3) is 0.828. The van der Waals surface area contributed by atoms with Crippen molar-refractivity contribution in [1.29, 1.82) is 0 Å². The van der Waals surface area contributed by atoms with Gasteiger partial charge in [-0.15, -0.1) is 0 Å². The molecule has 0 saturated carbocycles. The van der Waals surface area contributed by atoms with Gasteiger partial charge in [-0.1, -0.05) is 0 Å². The third-order valence-corrected chi connectivity index (χ3v) is 2.14. The Labute approximate surface area is 74.8 Å². The van der Waals surface area contributed by atoms with E-state index < -0.39 is 5.56 Å². The van der Waals surface area contributed by atoms with E-state index in [0.717, 1.165) is 0 Å². The molecule has 2 aromatic rings. The van der Waals surface area contributed by atoms with Crippen molar-refractivity contribution in [2.45, 2.75) is 0 Å². The molecule has 0 amide bonds. The molecule has 12 heavy (non-hydrogen) atoms. The molecule has 0 bridgehead atoms. The predicted molar refractivity (Wildman–Crippen MR) is 46.9 cm³/mol. The van der Waals surface area contributed by atoms with Crippen molar-refractivity contribution in [1.82, 2.24) is 18.5 Å². The Balaban J connectivity index is 3.07. The van der Waals surface area contributed by atoms with Gasteiger partial charge in [0.1, 0.15) is 0 Å². The molecule has 3 N–H and O–H groups in total. The summed E-state index contributed by atoms with van der Waals surface area (Å²) in [6, 6.07) is 0. The van der Waals surface area contributed by atoms with Gasteiger partial charge in [-0.2, -0.15) is 4.98 Å². The standard InChI is InChI=1S/C5H4BrN5O/c6-11-3-2(8-1-9-3)4(12)10-5(11)7/h1H,(H,8,9)(H2,7,10,12). The second-order valence-corrected chi connectivity index (χ2v) is 2.87. The van der Waals surface area contributed by atoms with Gasteiger partial charge >= 0.3 is 5.56 Å². The first kappa shape index (κ1) is 7.29. The van der Waals surface area contributed by atoms with Crippen molar-refractivity contribution in [3.63, 3.8) is 0 Å². The fourth-order valence-electron chi connectivity index (χ4n) is 0.906. The first-order valence-corrected chi connectivity index (χ1v) is 3.79. The number of H-pyrrole nitrogens is 1. The van der Waals surface area contributed by atoms with Crippen LogP contribution in [0.5, 0.6) is 0 Å². The summed E-state index contributed by atoms with van der Waals surface area (Å²) < 4.78 is 1.36. The zero-order valence-electron chi connectivity index (χ0n) is 5.78. The van der Waals surface area contributed by atoms with Crippen LogP contribution in [0, 0.1) is 0 Å². The van der Waals surface area contributed by atoms with Crippen LogP contribution in [0.1, 0.15) is 0 Å². The fourth-order valence-corrected chi connectivity index (χ4v) is 1.25. The highest BCUT2D eigenvalue weighted by molar-refractivity contribution is 9.08. The van der Waals surface area contributed by atoms with Crippen LogP contribution in [-0.4, -0.2) is 18.5 Å². The van der Waals surface area contributed by atoms with Gasteiger partial charge in [-0.3, -0.25) is 4.79 Å². The highest BCUT2D eigenvalue weighted by Gasteiger charge is 2.07. The molecule has 0 fully saturated rings. The lowest BCUT2D eigenvalue weighted by atomic mass is 10.5. The SMILES string of the molecule is Nc1nc(=O)c2[nH]cnc2n1Br. The van der Waals surface area contributed by atoms with Crippen molar-refractivity contribution in [3.05, 3.63) is 16.7 Å². The Hall–Kier alpha value is -1.37. The molecule has 2 aromatic heterocycles. The van der Waals surface area contributed by atoms with Crippen LogP contribution < -0.4 is 11.3 Å². The van der Waals surface area contributed by atoms with E-state index in [4.69, 9.17) is 5.73 Å². The number of hydrogen-bond donors (Lipinski definition) is 2. The maximum Gasteiger partial charge on any atom is 0.300 e. The number of halogens is 1. The summed E-state index contributed by atoms with van der Waals surface area (Å²) in [5.41, 5.74) is 5.76. The van der Waals surface area contributed by atoms with E-state index in [0.29, 0.717) is 11.2 Å². The number of imidazole rings is 1. The zero-order valence-corrected chi connectivity index (χ0v) is 7.37. The van der Waals surface area contributed by atoms with E-state index >= 15 is 0 Å². The lowest BCUT2D eigenvalue weighted by Gasteiger charge is -1.98. The maximum atomic E-state index is 11.1. The van der Waals surface area contributed by atoms with Crippen LogP contribution in [0.25, 0.3) is 11.2 Å². The number of nitrogen functional groups attached to an aromatic ring is 1.